The minimum Gasteiger partial charge on any atom is -0.323 e. The van der Waals surface area contributed by atoms with Crippen molar-refractivity contribution in [2.75, 3.05) is 13.1 Å². The van der Waals surface area contributed by atoms with Gasteiger partial charge in [0.2, 0.25) is 5.91 Å². The third-order valence-electron chi connectivity index (χ3n) is 2.71. The van der Waals surface area contributed by atoms with Crippen LogP contribution >= 0.6 is 11.3 Å². The fourth-order valence-corrected chi connectivity index (χ4v) is 2.40. The van der Waals surface area contributed by atoms with Crippen LogP contribution in [0.5, 0.6) is 0 Å². The number of amides is 3. The van der Waals surface area contributed by atoms with Crippen LogP contribution in [0.15, 0.2) is 16.8 Å². The Morgan fingerprint density at radius 3 is 3.06 bits per heavy atom. The van der Waals surface area contributed by atoms with E-state index in [1.807, 2.05) is 12.3 Å². The first kappa shape index (κ1) is 11.1. The summed E-state index contributed by atoms with van der Waals surface area (Å²) < 4.78 is 0. The number of imide groups is 1. The van der Waals surface area contributed by atoms with Crippen LogP contribution in [-0.4, -0.2) is 29.9 Å². The molecule has 3 amide bonds. The molecule has 1 saturated heterocycles. The first-order chi connectivity index (χ1) is 7.66. The Morgan fingerprint density at radius 1 is 1.56 bits per heavy atom. The topological polar surface area (TPSA) is 49.4 Å². The molecule has 4 nitrogen and oxygen atoms in total. The molecule has 0 bridgehead atoms. The van der Waals surface area contributed by atoms with Gasteiger partial charge in [-0.3, -0.25) is 10.1 Å². The van der Waals surface area contributed by atoms with Crippen LogP contribution in [0.25, 0.3) is 0 Å². The van der Waals surface area contributed by atoms with E-state index in [1.54, 1.807) is 16.2 Å². The molecule has 1 fully saturated rings. The van der Waals surface area contributed by atoms with Crippen LogP contribution in [0.2, 0.25) is 0 Å². The second kappa shape index (κ2) is 4.65. The summed E-state index contributed by atoms with van der Waals surface area (Å²) in [5.41, 5.74) is 1.24. The van der Waals surface area contributed by atoms with E-state index in [9.17, 15) is 9.59 Å². The summed E-state index contributed by atoms with van der Waals surface area (Å²) in [4.78, 5) is 24.4. The standard InChI is InChI=1S/C11H14N2O2S/c1-8-6-13(11(15)12-10(8)14)4-2-9-3-5-16-7-9/h3,5,7-8H,2,4,6H2,1H3,(H,12,14,15). The van der Waals surface area contributed by atoms with Gasteiger partial charge in [0.15, 0.2) is 0 Å². The number of thiophene rings is 1. The fourth-order valence-electron chi connectivity index (χ4n) is 1.70. The van der Waals surface area contributed by atoms with Crippen LogP contribution in [0.1, 0.15) is 12.5 Å². The Labute approximate surface area is 98.3 Å². The molecular formula is C11H14N2O2S. The number of carbonyl (C=O) groups excluding carboxylic acids is 2. The second-order valence-electron chi connectivity index (χ2n) is 4.02. The zero-order valence-electron chi connectivity index (χ0n) is 9.10. The molecule has 1 atom stereocenters. The summed E-state index contributed by atoms with van der Waals surface area (Å²) in [5, 5.41) is 6.47. The second-order valence-corrected chi connectivity index (χ2v) is 4.80. The van der Waals surface area contributed by atoms with E-state index in [0.717, 1.165) is 6.42 Å². The summed E-state index contributed by atoms with van der Waals surface area (Å²) >= 11 is 1.65. The number of hydrogen-bond acceptors (Lipinski definition) is 3. The van der Waals surface area contributed by atoms with Crippen LogP contribution in [0.4, 0.5) is 4.79 Å². The molecule has 1 aliphatic rings. The Morgan fingerprint density at radius 2 is 2.38 bits per heavy atom. The number of rotatable bonds is 3. The van der Waals surface area contributed by atoms with Gasteiger partial charge in [0.05, 0.1) is 5.92 Å². The molecule has 0 radical (unpaired) electrons. The third kappa shape index (κ3) is 2.41. The van der Waals surface area contributed by atoms with E-state index in [2.05, 4.69) is 16.8 Å². The number of carbonyl (C=O) groups is 2. The summed E-state index contributed by atoms with van der Waals surface area (Å²) in [7, 11) is 0. The maximum Gasteiger partial charge on any atom is 0.324 e. The molecule has 0 saturated carbocycles. The average Bonchev–Trinajstić information content (AvgIpc) is 2.74. The predicted molar refractivity (Wildman–Crippen MR) is 62.3 cm³/mol. The van der Waals surface area contributed by atoms with Crippen LogP contribution in [0, 0.1) is 5.92 Å². The molecule has 2 rings (SSSR count). The first-order valence-corrected chi connectivity index (χ1v) is 6.22. The average molecular weight is 238 g/mol. The van der Waals surface area contributed by atoms with E-state index < -0.39 is 0 Å². The van der Waals surface area contributed by atoms with Gasteiger partial charge in [-0.1, -0.05) is 6.92 Å². The van der Waals surface area contributed by atoms with Crippen molar-refractivity contribution in [2.45, 2.75) is 13.3 Å². The monoisotopic (exact) mass is 238 g/mol. The van der Waals surface area contributed by atoms with Gasteiger partial charge in [-0.25, -0.2) is 4.79 Å². The molecule has 1 N–H and O–H groups in total. The van der Waals surface area contributed by atoms with Crippen molar-refractivity contribution in [1.29, 1.82) is 0 Å². The normalized spacial score (nSPS) is 21.1. The number of nitrogens with one attached hydrogen (secondary N) is 1. The maximum atomic E-state index is 11.5. The van der Waals surface area contributed by atoms with Gasteiger partial charge in [0, 0.05) is 13.1 Å². The van der Waals surface area contributed by atoms with E-state index in [0.29, 0.717) is 13.1 Å². The minimum absolute atomic E-state index is 0.111. The van der Waals surface area contributed by atoms with Gasteiger partial charge in [0.25, 0.3) is 0 Å². The van der Waals surface area contributed by atoms with E-state index in [-0.39, 0.29) is 17.9 Å². The van der Waals surface area contributed by atoms with Crippen molar-refractivity contribution in [3.8, 4) is 0 Å². The van der Waals surface area contributed by atoms with Crippen LogP contribution in [0.3, 0.4) is 0 Å². The smallest absolute Gasteiger partial charge is 0.323 e. The van der Waals surface area contributed by atoms with Crippen molar-refractivity contribution < 1.29 is 9.59 Å². The summed E-state index contributed by atoms with van der Waals surface area (Å²) in [5.74, 6) is -0.281. The van der Waals surface area contributed by atoms with Gasteiger partial charge in [-0.05, 0) is 28.8 Å². The number of hydrogen-bond donors (Lipinski definition) is 1. The number of nitrogens with zero attached hydrogens (tertiary/aromatic N) is 1. The van der Waals surface area contributed by atoms with Crippen LogP contribution in [-0.2, 0) is 11.2 Å². The first-order valence-electron chi connectivity index (χ1n) is 5.27. The molecule has 1 aromatic heterocycles. The minimum atomic E-state index is -0.265. The zero-order valence-corrected chi connectivity index (χ0v) is 9.92. The van der Waals surface area contributed by atoms with E-state index in [4.69, 9.17) is 0 Å². The predicted octanol–water partition coefficient (Wildman–Crippen LogP) is 1.48. The Hall–Kier alpha value is -1.36. The third-order valence-corrected chi connectivity index (χ3v) is 3.44. The molecule has 86 valence electrons. The van der Waals surface area contributed by atoms with Gasteiger partial charge < -0.3 is 4.90 Å². The van der Waals surface area contributed by atoms with Crippen molar-refractivity contribution in [1.82, 2.24) is 10.2 Å². The molecular weight excluding hydrogens is 224 g/mol. The highest BCUT2D eigenvalue weighted by molar-refractivity contribution is 7.07. The fraction of sp³-hybridized carbons (Fsp3) is 0.455. The zero-order chi connectivity index (χ0) is 11.5. The molecule has 16 heavy (non-hydrogen) atoms. The highest BCUT2D eigenvalue weighted by atomic mass is 32.1. The van der Waals surface area contributed by atoms with Crippen molar-refractivity contribution in [3.63, 3.8) is 0 Å². The molecule has 2 heterocycles. The van der Waals surface area contributed by atoms with E-state index >= 15 is 0 Å². The van der Waals surface area contributed by atoms with Crippen LogP contribution < -0.4 is 5.32 Å². The lowest BCUT2D eigenvalue weighted by Crippen LogP contribution is -2.54. The lowest BCUT2D eigenvalue weighted by Gasteiger charge is -2.30. The quantitative estimate of drug-likeness (QED) is 0.867. The molecule has 1 unspecified atom stereocenters. The van der Waals surface area contributed by atoms with Gasteiger partial charge in [-0.2, -0.15) is 11.3 Å². The Kier molecular flexibility index (Phi) is 3.24. The number of urea groups is 1. The highest BCUT2D eigenvalue weighted by Crippen LogP contribution is 2.11. The molecule has 1 aromatic rings. The van der Waals surface area contributed by atoms with Gasteiger partial charge in [0.1, 0.15) is 0 Å². The van der Waals surface area contributed by atoms with Gasteiger partial charge in [-0.15, -0.1) is 0 Å². The van der Waals surface area contributed by atoms with Crippen molar-refractivity contribution in [2.24, 2.45) is 5.92 Å². The maximum absolute atomic E-state index is 11.5. The molecule has 0 aromatic carbocycles. The Balaban J connectivity index is 1.90. The highest BCUT2D eigenvalue weighted by Gasteiger charge is 2.28. The van der Waals surface area contributed by atoms with E-state index in [1.165, 1.54) is 5.56 Å². The molecule has 5 heteroatoms. The Bertz CT molecular complexity index is 389. The lowest BCUT2D eigenvalue weighted by molar-refractivity contribution is -0.125. The SMILES string of the molecule is CC1CN(CCc2ccsc2)C(=O)NC1=O. The molecule has 1 aliphatic heterocycles. The molecule has 0 spiro atoms. The van der Waals surface area contributed by atoms with Gasteiger partial charge >= 0.3 is 6.03 Å². The summed E-state index contributed by atoms with van der Waals surface area (Å²) in [6.07, 6.45) is 0.845. The largest absolute Gasteiger partial charge is 0.324 e. The summed E-state index contributed by atoms with van der Waals surface area (Å²) in [6.45, 7) is 3.02. The molecule has 0 aliphatic carbocycles. The summed E-state index contributed by atoms with van der Waals surface area (Å²) in [6, 6.07) is 1.79. The van der Waals surface area contributed by atoms with Crippen molar-refractivity contribution in [3.05, 3.63) is 22.4 Å². The lowest BCUT2D eigenvalue weighted by atomic mass is 10.1. The van der Waals surface area contributed by atoms with Crippen molar-refractivity contribution >= 4 is 23.3 Å².